The summed E-state index contributed by atoms with van der Waals surface area (Å²) in [7, 11) is 0. The predicted octanol–water partition coefficient (Wildman–Crippen LogP) is 5.02. The zero-order valence-electron chi connectivity index (χ0n) is 12.0. The summed E-state index contributed by atoms with van der Waals surface area (Å²) < 4.78 is 0.740. The van der Waals surface area contributed by atoms with Crippen LogP contribution in [0.3, 0.4) is 0 Å². The molecule has 0 spiro atoms. The van der Waals surface area contributed by atoms with Crippen LogP contribution in [0.5, 0.6) is 0 Å². The Morgan fingerprint density at radius 3 is 2.24 bits per heavy atom. The van der Waals surface area contributed by atoms with E-state index in [0.717, 1.165) is 15.7 Å². The van der Waals surface area contributed by atoms with Gasteiger partial charge in [0.25, 0.3) is 0 Å². The Balaban J connectivity index is 2.49. The molecule has 0 bridgehead atoms. The van der Waals surface area contributed by atoms with Gasteiger partial charge in [0.2, 0.25) is 0 Å². The van der Waals surface area contributed by atoms with Crippen molar-refractivity contribution in [2.75, 3.05) is 5.73 Å². The molecule has 0 aliphatic carbocycles. The molecule has 0 radical (unpaired) electrons. The fourth-order valence-corrected chi connectivity index (χ4v) is 3.25. The molecular formula is C15H16BrCl2N3. The molecule has 0 saturated carbocycles. The lowest BCUT2D eigenvalue weighted by atomic mass is 9.91. The first kappa shape index (κ1) is 16.5. The molecule has 6 heteroatoms. The van der Waals surface area contributed by atoms with Crippen LogP contribution in [-0.2, 0) is 11.8 Å². The summed E-state index contributed by atoms with van der Waals surface area (Å²) in [6, 6.07) is 5.41. The summed E-state index contributed by atoms with van der Waals surface area (Å²) >= 11 is 15.9. The van der Waals surface area contributed by atoms with Crippen LogP contribution in [0.15, 0.2) is 22.7 Å². The summed E-state index contributed by atoms with van der Waals surface area (Å²) in [5, 5.41) is 1.20. The third-order valence-corrected chi connectivity index (χ3v) is 4.52. The number of aromatic nitrogens is 2. The number of nitrogen functional groups attached to an aromatic ring is 1. The van der Waals surface area contributed by atoms with Crippen molar-refractivity contribution >= 4 is 44.9 Å². The Kier molecular flexibility index (Phi) is 4.81. The van der Waals surface area contributed by atoms with Gasteiger partial charge in [0.15, 0.2) is 0 Å². The van der Waals surface area contributed by atoms with Crippen molar-refractivity contribution in [3.8, 4) is 0 Å². The highest BCUT2D eigenvalue weighted by atomic mass is 79.9. The van der Waals surface area contributed by atoms with E-state index in [9.17, 15) is 0 Å². The highest BCUT2D eigenvalue weighted by Crippen LogP contribution is 2.32. The smallest absolute Gasteiger partial charge is 0.141 e. The molecule has 0 saturated heterocycles. The molecule has 2 rings (SSSR count). The third-order valence-electron chi connectivity index (χ3n) is 3.03. The average Bonchev–Trinajstić information content (AvgIpc) is 2.36. The second-order valence-corrected chi connectivity index (χ2v) is 7.42. The van der Waals surface area contributed by atoms with E-state index in [4.69, 9.17) is 28.9 Å². The molecule has 0 atom stereocenters. The Morgan fingerprint density at radius 2 is 1.71 bits per heavy atom. The van der Waals surface area contributed by atoms with Crippen LogP contribution in [0.25, 0.3) is 0 Å². The standard InChI is InChI=1S/C15H16BrCl2N3/c1-15(2,3)13-12(16)14(19)21-11(20-13)7-8-9(17)5-4-6-10(8)18/h4-6H,7H2,1-3H3,(H2,19,20,21). The summed E-state index contributed by atoms with van der Waals surface area (Å²) in [4.78, 5) is 8.95. The quantitative estimate of drug-likeness (QED) is 0.785. The third kappa shape index (κ3) is 3.68. The molecule has 2 N–H and O–H groups in total. The van der Waals surface area contributed by atoms with Crippen LogP contribution in [0.1, 0.15) is 37.9 Å². The Bertz CT molecular complexity index is 661. The highest BCUT2D eigenvalue weighted by Gasteiger charge is 2.22. The van der Waals surface area contributed by atoms with Gasteiger partial charge in [-0.3, -0.25) is 0 Å². The van der Waals surface area contributed by atoms with Crippen LogP contribution in [-0.4, -0.2) is 9.97 Å². The first-order chi connectivity index (χ1) is 9.70. The minimum absolute atomic E-state index is 0.144. The maximum atomic E-state index is 6.20. The van der Waals surface area contributed by atoms with Crippen LogP contribution in [0.2, 0.25) is 10.0 Å². The van der Waals surface area contributed by atoms with Crippen molar-refractivity contribution in [2.24, 2.45) is 0 Å². The maximum absolute atomic E-state index is 6.20. The maximum Gasteiger partial charge on any atom is 0.141 e. The van der Waals surface area contributed by atoms with Gasteiger partial charge in [-0.05, 0) is 33.6 Å². The average molecular weight is 389 g/mol. The van der Waals surface area contributed by atoms with E-state index in [0.29, 0.717) is 28.1 Å². The van der Waals surface area contributed by atoms with Crippen molar-refractivity contribution in [1.29, 1.82) is 0 Å². The molecule has 21 heavy (non-hydrogen) atoms. The first-order valence-electron chi connectivity index (χ1n) is 6.45. The van der Waals surface area contributed by atoms with Gasteiger partial charge in [-0.25, -0.2) is 9.97 Å². The summed E-state index contributed by atoms with van der Waals surface area (Å²) in [6.07, 6.45) is 0.444. The fourth-order valence-electron chi connectivity index (χ4n) is 1.95. The van der Waals surface area contributed by atoms with E-state index in [1.165, 1.54) is 0 Å². The van der Waals surface area contributed by atoms with Crippen LogP contribution in [0.4, 0.5) is 5.82 Å². The molecule has 0 aliphatic heterocycles. The van der Waals surface area contributed by atoms with E-state index < -0.39 is 0 Å². The summed E-state index contributed by atoms with van der Waals surface area (Å²) in [5.41, 5.74) is 7.52. The second kappa shape index (κ2) is 6.11. The van der Waals surface area contributed by atoms with Gasteiger partial charge in [-0.15, -0.1) is 0 Å². The zero-order valence-corrected chi connectivity index (χ0v) is 15.1. The Labute approximate surface area is 143 Å². The lowest BCUT2D eigenvalue weighted by Crippen LogP contribution is -2.18. The van der Waals surface area contributed by atoms with E-state index in [1.807, 2.05) is 6.07 Å². The number of rotatable bonds is 2. The monoisotopic (exact) mass is 387 g/mol. The first-order valence-corrected chi connectivity index (χ1v) is 8.00. The van der Waals surface area contributed by atoms with E-state index in [1.54, 1.807) is 12.1 Å². The Hall–Kier alpha value is -0.840. The second-order valence-electron chi connectivity index (χ2n) is 5.81. The molecule has 1 heterocycles. The number of benzene rings is 1. The molecule has 112 valence electrons. The summed E-state index contributed by atoms with van der Waals surface area (Å²) in [6.45, 7) is 6.23. The summed E-state index contributed by atoms with van der Waals surface area (Å²) in [5.74, 6) is 1.03. The molecular weight excluding hydrogens is 373 g/mol. The largest absolute Gasteiger partial charge is 0.383 e. The number of hydrogen-bond donors (Lipinski definition) is 1. The zero-order chi connectivity index (χ0) is 15.8. The van der Waals surface area contributed by atoms with Gasteiger partial charge in [0, 0.05) is 21.9 Å². The lowest BCUT2D eigenvalue weighted by Gasteiger charge is -2.21. The van der Waals surface area contributed by atoms with Crippen molar-refractivity contribution in [3.05, 3.63) is 49.8 Å². The normalized spacial score (nSPS) is 11.7. The SMILES string of the molecule is CC(C)(C)c1nc(Cc2c(Cl)cccc2Cl)nc(N)c1Br. The number of nitrogens with two attached hydrogens (primary N) is 1. The van der Waals surface area contributed by atoms with Gasteiger partial charge < -0.3 is 5.73 Å². The van der Waals surface area contributed by atoms with E-state index in [-0.39, 0.29) is 5.41 Å². The van der Waals surface area contributed by atoms with Crippen molar-refractivity contribution in [2.45, 2.75) is 32.6 Å². The molecule has 2 aromatic rings. The fraction of sp³-hybridized carbons (Fsp3) is 0.333. The van der Waals surface area contributed by atoms with Crippen LogP contribution < -0.4 is 5.73 Å². The van der Waals surface area contributed by atoms with Gasteiger partial charge >= 0.3 is 0 Å². The topological polar surface area (TPSA) is 51.8 Å². The Morgan fingerprint density at radius 1 is 1.14 bits per heavy atom. The van der Waals surface area contributed by atoms with Crippen molar-refractivity contribution < 1.29 is 0 Å². The minimum atomic E-state index is -0.144. The molecule has 1 aromatic carbocycles. The highest BCUT2D eigenvalue weighted by molar-refractivity contribution is 9.10. The van der Waals surface area contributed by atoms with Gasteiger partial charge in [0.1, 0.15) is 11.6 Å². The van der Waals surface area contributed by atoms with Crippen molar-refractivity contribution in [3.63, 3.8) is 0 Å². The molecule has 0 fully saturated rings. The van der Waals surface area contributed by atoms with Gasteiger partial charge in [-0.2, -0.15) is 0 Å². The van der Waals surface area contributed by atoms with Gasteiger partial charge in [0.05, 0.1) is 10.2 Å². The molecule has 1 aromatic heterocycles. The predicted molar refractivity (Wildman–Crippen MR) is 92.1 cm³/mol. The molecule has 0 aliphatic rings. The van der Waals surface area contributed by atoms with E-state index in [2.05, 4.69) is 46.7 Å². The molecule has 3 nitrogen and oxygen atoms in total. The number of halogens is 3. The lowest BCUT2D eigenvalue weighted by molar-refractivity contribution is 0.560. The van der Waals surface area contributed by atoms with Gasteiger partial charge in [-0.1, -0.05) is 50.0 Å². The van der Waals surface area contributed by atoms with Crippen LogP contribution >= 0.6 is 39.1 Å². The van der Waals surface area contributed by atoms with Crippen LogP contribution in [0, 0.1) is 0 Å². The van der Waals surface area contributed by atoms with Crippen molar-refractivity contribution in [1.82, 2.24) is 9.97 Å². The number of nitrogens with zero attached hydrogens (tertiary/aromatic N) is 2. The molecule has 0 amide bonds. The number of anilines is 1. The minimum Gasteiger partial charge on any atom is -0.383 e. The number of hydrogen-bond acceptors (Lipinski definition) is 3. The molecule has 0 unspecified atom stereocenters. The van der Waals surface area contributed by atoms with E-state index >= 15 is 0 Å².